The fourth-order valence-electron chi connectivity index (χ4n) is 4.02. The van der Waals surface area contributed by atoms with Gasteiger partial charge in [-0.15, -0.1) is 0 Å². The minimum absolute atomic E-state index is 0.0821. The van der Waals surface area contributed by atoms with Crippen molar-refractivity contribution >= 4 is 38.8 Å². The maximum absolute atomic E-state index is 12.9. The Labute approximate surface area is 190 Å². The number of hydrogen-bond donors (Lipinski definition) is 1. The van der Waals surface area contributed by atoms with Crippen LogP contribution >= 0.6 is 15.9 Å². The average molecular weight is 483 g/mol. The number of hydrogen-bond acceptors (Lipinski definition) is 3. The lowest BCUT2D eigenvalue weighted by molar-refractivity contribution is -0.132. The molecule has 1 saturated heterocycles. The Morgan fingerprint density at radius 3 is 2.52 bits per heavy atom. The van der Waals surface area contributed by atoms with Gasteiger partial charge in [-0.1, -0.05) is 28.1 Å². The van der Waals surface area contributed by atoms with Gasteiger partial charge in [0.1, 0.15) is 12.4 Å². The second-order valence-corrected chi connectivity index (χ2v) is 8.83. The normalized spacial score (nSPS) is 14.0. The van der Waals surface area contributed by atoms with Gasteiger partial charge in [0.25, 0.3) is 5.91 Å². The Bertz CT molecular complexity index is 1060. The molecule has 0 aliphatic carbocycles. The molecule has 2 aromatic carbocycles. The summed E-state index contributed by atoms with van der Waals surface area (Å²) in [6, 6.07) is 15.3. The molecule has 0 spiro atoms. The molecule has 0 radical (unpaired) electrons. The van der Waals surface area contributed by atoms with Crippen LogP contribution in [0.15, 0.2) is 53.0 Å². The van der Waals surface area contributed by atoms with Crippen LogP contribution in [0.2, 0.25) is 0 Å². The third-order valence-electron chi connectivity index (χ3n) is 5.70. The molecule has 4 rings (SSSR count). The van der Waals surface area contributed by atoms with Crippen LogP contribution in [0.4, 0.5) is 0 Å². The Kier molecular flexibility index (Phi) is 7.02. The molecular formula is C24H27BrN4O2. The fourth-order valence-corrected chi connectivity index (χ4v) is 4.29. The summed E-state index contributed by atoms with van der Waals surface area (Å²) in [6.07, 6.45) is 4.82. The molecule has 7 heteroatoms. The molecule has 3 aromatic rings. The van der Waals surface area contributed by atoms with Gasteiger partial charge in [0.2, 0.25) is 5.91 Å². The van der Waals surface area contributed by atoms with E-state index in [-0.39, 0.29) is 11.8 Å². The minimum atomic E-state index is -0.0821. The lowest BCUT2D eigenvalue weighted by Crippen LogP contribution is -2.38. The Morgan fingerprint density at radius 2 is 1.74 bits per heavy atom. The highest BCUT2D eigenvalue weighted by molar-refractivity contribution is 9.10. The first-order valence-corrected chi connectivity index (χ1v) is 11.7. The van der Waals surface area contributed by atoms with E-state index in [1.165, 1.54) is 6.42 Å². The molecular weight excluding hydrogens is 456 g/mol. The maximum atomic E-state index is 12.9. The first-order chi connectivity index (χ1) is 15.1. The number of nitrogens with one attached hydrogen (secondary N) is 1. The number of amides is 2. The summed E-state index contributed by atoms with van der Waals surface area (Å²) in [4.78, 5) is 31.9. The number of nitrogens with zero attached hydrogens (tertiary/aromatic N) is 3. The first kappa shape index (κ1) is 21.6. The van der Waals surface area contributed by atoms with Crippen molar-refractivity contribution in [2.75, 3.05) is 19.6 Å². The Balaban J connectivity index is 1.39. The number of halogens is 1. The van der Waals surface area contributed by atoms with Crippen molar-refractivity contribution < 1.29 is 9.59 Å². The van der Waals surface area contributed by atoms with E-state index in [9.17, 15) is 9.59 Å². The largest absolute Gasteiger partial charge is 0.352 e. The molecule has 162 valence electrons. The first-order valence-electron chi connectivity index (χ1n) is 10.9. The predicted octanol–water partition coefficient (Wildman–Crippen LogP) is 4.17. The third-order valence-corrected chi connectivity index (χ3v) is 6.23. The lowest BCUT2D eigenvalue weighted by atomic mass is 10.1. The number of piperidine rings is 1. The van der Waals surface area contributed by atoms with E-state index < -0.39 is 0 Å². The Morgan fingerprint density at radius 1 is 1.00 bits per heavy atom. The van der Waals surface area contributed by atoms with Crippen molar-refractivity contribution in [3.8, 4) is 0 Å². The van der Waals surface area contributed by atoms with Crippen LogP contribution in [-0.2, 0) is 17.8 Å². The van der Waals surface area contributed by atoms with Crippen molar-refractivity contribution in [2.45, 2.75) is 38.6 Å². The highest BCUT2D eigenvalue weighted by Gasteiger charge is 2.19. The highest BCUT2D eigenvalue weighted by atomic mass is 79.9. The van der Waals surface area contributed by atoms with E-state index in [4.69, 9.17) is 4.98 Å². The summed E-state index contributed by atoms with van der Waals surface area (Å²) in [5.74, 6) is 0.971. The molecule has 1 N–H and O–H groups in total. The summed E-state index contributed by atoms with van der Waals surface area (Å²) in [6.45, 7) is 2.57. The average Bonchev–Trinajstić information content (AvgIpc) is 3.15. The molecule has 0 unspecified atom stereocenters. The summed E-state index contributed by atoms with van der Waals surface area (Å²) < 4.78 is 2.99. The van der Waals surface area contributed by atoms with Crippen LogP contribution in [0, 0.1) is 0 Å². The summed E-state index contributed by atoms with van der Waals surface area (Å²) in [5, 5.41) is 2.97. The van der Waals surface area contributed by atoms with Crippen molar-refractivity contribution in [1.29, 1.82) is 0 Å². The van der Waals surface area contributed by atoms with Crippen LogP contribution in [0.1, 0.15) is 41.9 Å². The van der Waals surface area contributed by atoms with Gasteiger partial charge in [-0.05, 0) is 62.1 Å². The van der Waals surface area contributed by atoms with Gasteiger partial charge in [-0.2, -0.15) is 0 Å². The van der Waals surface area contributed by atoms with Gasteiger partial charge < -0.3 is 14.8 Å². The fraction of sp³-hybridized carbons (Fsp3) is 0.375. The van der Waals surface area contributed by atoms with Gasteiger partial charge in [0, 0.05) is 36.1 Å². The number of aromatic nitrogens is 2. The third kappa shape index (κ3) is 5.34. The minimum Gasteiger partial charge on any atom is -0.352 e. The van der Waals surface area contributed by atoms with Crippen LogP contribution in [0.3, 0.4) is 0 Å². The van der Waals surface area contributed by atoms with Crippen LogP contribution in [0.5, 0.6) is 0 Å². The van der Waals surface area contributed by atoms with Crippen molar-refractivity contribution in [3.63, 3.8) is 0 Å². The molecule has 0 saturated carbocycles. The zero-order valence-corrected chi connectivity index (χ0v) is 19.1. The quantitative estimate of drug-likeness (QED) is 0.513. The number of carbonyl (C=O) groups is 2. The van der Waals surface area contributed by atoms with Gasteiger partial charge >= 0.3 is 0 Å². The molecule has 0 bridgehead atoms. The van der Waals surface area contributed by atoms with Crippen molar-refractivity contribution in [1.82, 2.24) is 19.8 Å². The van der Waals surface area contributed by atoms with E-state index in [2.05, 4.69) is 21.2 Å². The van der Waals surface area contributed by atoms with E-state index >= 15 is 0 Å². The number of imidazole rings is 1. The summed E-state index contributed by atoms with van der Waals surface area (Å²) >= 11 is 3.38. The molecule has 6 nitrogen and oxygen atoms in total. The number of aryl methyl sites for hydroxylation is 1. The molecule has 2 heterocycles. The standard InChI is InChI=1S/C24H27BrN4O2/c25-19-12-10-18(11-13-19)24(31)26-14-6-9-22-27-20-7-2-3-8-21(20)29(22)17-23(30)28-15-4-1-5-16-28/h2-3,7-8,10-13H,1,4-6,9,14-17H2,(H,26,31). The van der Waals surface area contributed by atoms with Gasteiger partial charge in [0.15, 0.2) is 0 Å². The second-order valence-electron chi connectivity index (χ2n) is 7.91. The van der Waals surface area contributed by atoms with E-state index in [1.54, 1.807) is 12.1 Å². The van der Waals surface area contributed by atoms with Crippen molar-refractivity contribution in [3.05, 3.63) is 64.4 Å². The molecule has 1 fully saturated rings. The molecule has 31 heavy (non-hydrogen) atoms. The van der Waals surface area contributed by atoms with Crippen molar-refractivity contribution in [2.24, 2.45) is 0 Å². The SMILES string of the molecule is O=C(NCCCc1nc2ccccc2n1CC(=O)N1CCCCC1)c1ccc(Br)cc1. The second kappa shape index (κ2) is 10.1. The van der Waals surface area contributed by atoms with Gasteiger partial charge in [0.05, 0.1) is 11.0 Å². The van der Waals surface area contributed by atoms with E-state index in [0.717, 1.165) is 53.7 Å². The number of likely N-dealkylation sites (tertiary alicyclic amines) is 1. The van der Waals surface area contributed by atoms with Gasteiger partial charge in [-0.25, -0.2) is 4.98 Å². The molecule has 1 aliphatic rings. The molecule has 1 aliphatic heterocycles. The zero-order chi connectivity index (χ0) is 21.6. The van der Waals surface area contributed by atoms with Crippen LogP contribution < -0.4 is 5.32 Å². The number of rotatable bonds is 7. The highest BCUT2D eigenvalue weighted by Crippen LogP contribution is 2.18. The Hall–Kier alpha value is -2.67. The smallest absolute Gasteiger partial charge is 0.251 e. The van der Waals surface area contributed by atoms with Crippen LogP contribution in [-0.4, -0.2) is 45.9 Å². The number of para-hydroxylation sites is 2. The number of benzene rings is 2. The summed E-state index contributed by atoms with van der Waals surface area (Å²) in [7, 11) is 0. The predicted molar refractivity (Wildman–Crippen MR) is 125 cm³/mol. The van der Waals surface area contributed by atoms with Gasteiger partial charge in [-0.3, -0.25) is 9.59 Å². The zero-order valence-electron chi connectivity index (χ0n) is 17.5. The molecule has 0 atom stereocenters. The van der Waals surface area contributed by atoms with E-state index in [1.807, 2.05) is 45.9 Å². The monoisotopic (exact) mass is 482 g/mol. The number of carbonyl (C=O) groups excluding carboxylic acids is 2. The number of fused-ring (bicyclic) bond motifs is 1. The maximum Gasteiger partial charge on any atom is 0.251 e. The molecule has 2 amide bonds. The van der Waals surface area contributed by atoms with Crippen LogP contribution in [0.25, 0.3) is 11.0 Å². The van der Waals surface area contributed by atoms with E-state index in [0.29, 0.717) is 25.1 Å². The topological polar surface area (TPSA) is 67.2 Å². The lowest BCUT2D eigenvalue weighted by Gasteiger charge is -2.27. The molecule has 1 aromatic heterocycles. The summed E-state index contributed by atoms with van der Waals surface area (Å²) in [5.41, 5.74) is 2.53.